The first kappa shape index (κ1) is 6.97. The molecule has 1 amide bonds. The van der Waals surface area contributed by atoms with Crippen molar-refractivity contribution in [2.24, 2.45) is 0 Å². The van der Waals surface area contributed by atoms with Gasteiger partial charge in [0.2, 0.25) is 5.91 Å². The second-order valence-electron chi connectivity index (χ2n) is 2.74. The Morgan fingerprint density at radius 3 is 2.82 bits per heavy atom. The van der Waals surface area contributed by atoms with E-state index in [0.29, 0.717) is 6.42 Å². The maximum Gasteiger partial charge on any atom is 0.227 e. The molecule has 4 nitrogen and oxygen atoms in total. The van der Waals surface area contributed by atoms with Crippen molar-refractivity contribution in [3.8, 4) is 0 Å². The number of fused-ring (bicyclic) bond motifs is 1. The van der Waals surface area contributed by atoms with E-state index in [4.69, 9.17) is 0 Å². The predicted molar refractivity (Wildman–Crippen MR) is 38.1 cm³/mol. The summed E-state index contributed by atoms with van der Waals surface area (Å²) in [7, 11) is -1.12. The molecular weight excluding hydrogens is 166 g/mol. The van der Waals surface area contributed by atoms with Crippen LogP contribution in [-0.2, 0) is 20.4 Å². The molecule has 60 valence electrons. The van der Waals surface area contributed by atoms with Crippen LogP contribution < -0.4 is 0 Å². The molecule has 2 atom stereocenters. The van der Waals surface area contributed by atoms with Crippen LogP contribution in [0.5, 0.6) is 0 Å². The fourth-order valence-electron chi connectivity index (χ4n) is 1.34. The molecule has 1 unspecified atom stereocenters. The Bertz CT molecular complexity index is 263. The van der Waals surface area contributed by atoms with Gasteiger partial charge in [0.15, 0.2) is 5.78 Å². The van der Waals surface area contributed by atoms with Gasteiger partial charge in [-0.2, -0.15) is 0 Å². The largest absolute Gasteiger partial charge is 0.320 e. The lowest BCUT2D eigenvalue weighted by molar-refractivity contribution is -0.145. The number of ketones is 1. The molecule has 2 rings (SSSR count). The van der Waals surface area contributed by atoms with Crippen molar-refractivity contribution in [3.63, 3.8) is 0 Å². The summed E-state index contributed by atoms with van der Waals surface area (Å²) in [5.41, 5.74) is 0. The van der Waals surface area contributed by atoms with Gasteiger partial charge in [-0.1, -0.05) is 0 Å². The summed E-state index contributed by atoms with van der Waals surface area (Å²) < 4.78 is 11.1. The maximum atomic E-state index is 11.1. The van der Waals surface area contributed by atoms with Gasteiger partial charge in [0.05, 0.1) is 29.5 Å². The fourth-order valence-corrected chi connectivity index (χ4v) is 2.75. The van der Waals surface area contributed by atoms with E-state index >= 15 is 0 Å². The van der Waals surface area contributed by atoms with Gasteiger partial charge in [-0.15, -0.1) is 0 Å². The lowest BCUT2D eigenvalue weighted by Crippen LogP contribution is -2.60. The number of hydrogen-bond donors (Lipinski definition) is 0. The zero-order valence-electron chi connectivity index (χ0n) is 5.78. The molecule has 0 radical (unpaired) electrons. The topological polar surface area (TPSA) is 54.5 Å². The van der Waals surface area contributed by atoms with Crippen LogP contribution in [0, 0.1) is 0 Å². The molecular formula is C6H7NO3S. The van der Waals surface area contributed by atoms with Gasteiger partial charge in [-0.3, -0.25) is 13.8 Å². The monoisotopic (exact) mass is 173 g/mol. The van der Waals surface area contributed by atoms with Gasteiger partial charge in [-0.25, -0.2) is 0 Å². The Hall–Kier alpha value is -0.710. The summed E-state index contributed by atoms with van der Waals surface area (Å²) in [6.07, 6.45) is 0.361. The van der Waals surface area contributed by atoms with Gasteiger partial charge in [0.1, 0.15) is 5.37 Å². The van der Waals surface area contributed by atoms with E-state index in [1.165, 1.54) is 4.90 Å². The molecule has 2 heterocycles. The quantitative estimate of drug-likeness (QED) is 0.436. The SMILES string of the molecule is O=C1CN2C(=O)C[C@@H]2S(=O)C1. The van der Waals surface area contributed by atoms with Gasteiger partial charge < -0.3 is 4.90 Å². The van der Waals surface area contributed by atoms with Crippen LogP contribution >= 0.6 is 0 Å². The number of β-lactam (4-membered cyclic amide) rings is 1. The molecule has 5 heteroatoms. The highest BCUT2D eigenvalue weighted by atomic mass is 32.2. The smallest absolute Gasteiger partial charge is 0.227 e. The fraction of sp³-hybridized carbons (Fsp3) is 0.667. The minimum Gasteiger partial charge on any atom is -0.320 e. The molecule has 0 aromatic rings. The minimum atomic E-state index is -1.12. The van der Waals surface area contributed by atoms with Crippen molar-refractivity contribution in [2.45, 2.75) is 11.8 Å². The Balaban J connectivity index is 2.19. The van der Waals surface area contributed by atoms with E-state index in [9.17, 15) is 13.8 Å². The highest BCUT2D eigenvalue weighted by Crippen LogP contribution is 2.25. The number of rotatable bonds is 0. The Morgan fingerprint density at radius 1 is 1.45 bits per heavy atom. The molecule has 2 aliphatic rings. The van der Waals surface area contributed by atoms with E-state index in [2.05, 4.69) is 0 Å². The number of Topliss-reactive ketones (excluding diaryl/α,β-unsaturated/α-hetero) is 1. The van der Waals surface area contributed by atoms with E-state index in [1.54, 1.807) is 0 Å². The predicted octanol–water partition coefficient (Wildman–Crippen LogP) is -1.12. The second kappa shape index (κ2) is 2.14. The third-order valence-corrected chi connectivity index (χ3v) is 3.61. The molecule has 2 fully saturated rings. The number of carbonyl (C=O) groups excluding carboxylic acids is 2. The Kier molecular flexibility index (Phi) is 1.35. The standard InChI is InChI=1S/C6H7NO3S/c8-4-2-7-5(9)1-6(7)11(10)3-4/h6H,1-3H2/t6-,11?/m0/s1. The molecule has 11 heavy (non-hydrogen) atoms. The van der Waals surface area contributed by atoms with Crippen molar-refractivity contribution < 1.29 is 13.8 Å². The van der Waals surface area contributed by atoms with Gasteiger partial charge in [0, 0.05) is 0 Å². The molecule has 0 aromatic heterocycles. The van der Waals surface area contributed by atoms with Crippen LogP contribution in [0.1, 0.15) is 6.42 Å². The van der Waals surface area contributed by atoms with Gasteiger partial charge >= 0.3 is 0 Å². The molecule has 0 N–H and O–H groups in total. The number of nitrogens with zero attached hydrogens (tertiary/aromatic N) is 1. The van der Waals surface area contributed by atoms with Crippen molar-refractivity contribution in [1.82, 2.24) is 4.90 Å². The molecule has 0 spiro atoms. The first-order valence-corrected chi connectivity index (χ1v) is 4.75. The molecule has 2 aliphatic heterocycles. The molecule has 0 saturated carbocycles. The van der Waals surface area contributed by atoms with Crippen LogP contribution in [0.15, 0.2) is 0 Å². The first-order valence-electron chi connectivity index (χ1n) is 3.37. The minimum absolute atomic E-state index is 0.0450. The Labute approximate surface area is 66.0 Å². The third-order valence-electron chi connectivity index (χ3n) is 1.97. The average Bonchev–Trinajstić information content (AvgIpc) is 1.93. The number of amides is 1. The summed E-state index contributed by atoms with van der Waals surface area (Å²) in [5.74, 6) is -0.00177. The summed E-state index contributed by atoms with van der Waals surface area (Å²) in [6, 6.07) is 0. The van der Waals surface area contributed by atoms with Gasteiger partial charge in [-0.05, 0) is 0 Å². The van der Waals surface area contributed by atoms with Crippen LogP contribution in [0.4, 0.5) is 0 Å². The lowest BCUT2D eigenvalue weighted by Gasteiger charge is -2.41. The first-order chi connectivity index (χ1) is 5.18. The summed E-state index contributed by atoms with van der Waals surface area (Å²) in [4.78, 5) is 23.0. The summed E-state index contributed by atoms with van der Waals surface area (Å²) in [5, 5.41) is -0.153. The van der Waals surface area contributed by atoms with Crippen LogP contribution in [0.3, 0.4) is 0 Å². The van der Waals surface area contributed by atoms with Crippen LogP contribution in [-0.4, -0.2) is 38.5 Å². The lowest BCUT2D eigenvalue weighted by atomic mass is 10.2. The second-order valence-corrected chi connectivity index (χ2v) is 4.34. The molecule has 0 aliphatic carbocycles. The maximum absolute atomic E-state index is 11.1. The highest BCUT2D eigenvalue weighted by molar-refractivity contribution is 7.86. The summed E-state index contributed by atoms with van der Waals surface area (Å²) in [6.45, 7) is 0.176. The van der Waals surface area contributed by atoms with E-state index in [1.807, 2.05) is 0 Å². The van der Waals surface area contributed by atoms with E-state index < -0.39 is 10.8 Å². The van der Waals surface area contributed by atoms with Gasteiger partial charge in [0.25, 0.3) is 0 Å². The van der Waals surface area contributed by atoms with Crippen molar-refractivity contribution in [2.75, 3.05) is 12.3 Å². The number of hydrogen-bond acceptors (Lipinski definition) is 3. The van der Waals surface area contributed by atoms with Crippen molar-refractivity contribution >= 4 is 22.5 Å². The Morgan fingerprint density at radius 2 is 2.18 bits per heavy atom. The highest BCUT2D eigenvalue weighted by Gasteiger charge is 2.44. The zero-order chi connectivity index (χ0) is 8.01. The average molecular weight is 173 g/mol. The summed E-state index contributed by atoms with van der Waals surface area (Å²) >= 11 is 0. The third kappa shape index (κ3) is 0.910. The molecule has 0 bridgehead atoms. The van der Waals surface area contributed by atoms with Crippen molar-refractivity contribution in [3.05, 3.63) is 0 Å². The van der Waals surface area contributed by atoms with E-state index in [-0.39, 0.29) is 29.4 Å². The van der Waals surface area contributed by atoms with Crippen LogP contribution in [0.2, 0.25) is 0 Å². The number of carbonyl (C=O) groups is 2. The van der Waals surface area contributed by atoms with Crippen LogP contribution in [0.25, 0.3) is 0 Å². The van der Waals surface area contributed by atoms with Crippen molar-refractivity contribution in [1.29, 1.82) is 0 Å². The zero-order valence-corrected chi connectivity index (χ0v) is 6.60. The molecule has 2 saturated heterocycles. The van der Waals surface area contributed by atoms with E-state index in [0.717, 1.165) is 0 Å². The molecule has 0 aromatic carbocycles. The normalized spacial score (nSPS) is 36.5.